The number of amides is 1. The minimum Gasteiger partial charge on any atom is -0.468 e. The smallest absolute Gasteiger partial charge is 0.248 e. The van der Waals surface area contributed by atoms with Crippen LogP contribution in [0.3, 0.4) is 0 Å². The zero-order valence-corrected chi connectivity index (χ0v) is 18.3. The van der Waals surface area contributed by atoms with Crippen LogP contribution in [0.5, 0.6) is 0 Å². The van der Waals surface area contributed by atoms with Gasteiger partial charge in [-0.05, 0) is 69.5 Å². The molecule has 2 aliphatic heterocycles. The van der Waals surface area contributed by atoms with Crippen LogP contribution in [0.1, 0.15) is 43.6 Å². The predicted octanol–water partition coefficient (Wildman–Crippen LogP) is 2.95. The normalized spacial score (nSPS) is 18.0. The van der Waals surface area contributed by atoms with Crippen LogP contribution in [-0.4, -0.2) is 56.0 Å². The first-order valence-corrected chi connectivity index (χ1v) is 11.4. The lowest BCUT2D eigenvalue weighted by molar-refractivity contribution is -0.117. The van der Waals surface area contributed by atoms with Gasteiger partial charge in [-0.25, -0.2) is 4.99 Å². The van der Waals surface area contributed by atoms with Crippen LogP contribution in [0, 0.1) is 0 Å². The third kappa shape index (κ3) is 5.28. The second-order valence-corrected chi connectivity index (χ2v) is 8.13. The first kappa shape index (κ1) is 21.4. The minimum atomic E-state index is 0.0338. The fraction of sp³-hybridized carbons (Fsp3) is 0.500. The number of para-hydroxylation sites is 1. The van der Waals surface area contributed by atoms with Gasteiger partial charge in [0, 0.05) is 25.3 Å². The van der Waals surface area contributed by atoms with E-state index in [4.69, 9.17) is 4.42 Å². The van der Waals surface area contributed by atoms with Crippen molar-refractivity contribution in [3.8, 4) is 0 Å². The van der Waals surface area contributed by atoms with E-state index in [2.05, 4.69) is 26.6 Å². The van der Waals surface area contributed by atoms with Gasteiger partial charge in [0.15, 0.2) is 5.96 Å². The number of furan rings is 1. The second kappa shape index (κ2) is 10.5. The Morgan fingerprint density at radius 2 is 1.94 bits per heavy atom. The summed E-state index contributed by atoms with van der Waals surface area (Å²) in [5.41, 5.74) is 2.27. The van der Waals surface area contributed by atoms with Crippen molar-refractivity contribution in [3.05, 3.63) is 54.0 Å². The molecule has 0 bridgehead atoms. The van der Waals surface area contributed by atoms with Crippen molar-refractivity contribution in [1.82, 2.24) is 15.5 Å². The lowest BCUT2D eigenvalue weighted by Gasteiger charge is -2.29. The van der Waals surface area contributed by atoms with E-state index in [1.165, 1.54) is 18.4 Å². The Hall–Kier alpha value is -2.80. The average Bonchev–Trinajstić information content (AvgIpc) is 3.52. The molecular formula is C24H33N5O2. The molecule has 2 aliphatic rings. The number of hydrogen-bond donors (Lipinski definition) is 2. The number of hydrogen-bond acceptors (Lipinski definition) is 4. The maximum atomic E-state index is 12.9. The highest BCUT2D eigenvalue weighted by atomic mass is 16.3. The number of carbonyl (C=O) groups is 1. The van der Waals surface area contributed by atoms with E-state index in [1.807, 2.05) is 42.2 Å². The highest BCUT2D eigenvalue weighted by molar-refractivity contribution is 5.97. The number of guanidine groups is 1. The molecule has 0 saturated carbocycles. The molecule has 3 heterocycles. The molecule has 0 spiro atoms. The number of carbonyl (C=O) groups excluding carboxylic acids is 1. The van der Waals surface area contributed by atoms with Gasteiger partial charge < -0.3 is 20.0 Å². The van der Waals surface area contributed by atoms with Gasteiger partial charge in [-0.3, -0.25) is 9.69 Å². The zero-order valence-electron chi connectivity index (χ0n) is 18.3. The Morgan fingerprint density at radius 1 is 1.10 bits per heavy atom. The van der Waals surface area contributed by atoms with Crippen LogP contribution in [-0.2, 0) is 11.2 Å². The van der Waals surface area contributed by atoms with E-state index >= 15 is 0 Å². The first-order chi connectivity index (χ1) is 15.3. The third-order valence-electron chi connectivity index (χ3n) is 6.04. The van der Waals surface area contributed by atoms with Gasteiger partial charge in [0.1, 0.15) is 12.3 Å². The Labute approximate surface area is 184 Å². The molecule has 1 unspecified atom stereocenters. The molecule has 7 nitrogen and oxygen atoms in total. The third-order valence-corrected chi connectivity index (χ3v) is 6.04. The number of likely N-dealkylation sites (tertiary alicyclic amines) is 1. The quantitative estimate of drug-likeness (QED) is 0.529. The van der Waals surface area contributed by atoms with E-state index in [1.54, 1.807) is 6.26 Å². The van der Waals surface area contributed by atoms with Crippen molar-refractivity contribution in [2.75, 3.05) is 44.2 Å². The molecule has 2 N–H and O–H groups in total. The number of aryl methyl sites for hydroxylation is 1. The molecule has 1 aromatic carbocycles. The van der Waals surface area contributed by atoms with Crippen LogP contribution in [0.15, 0.2) is 52.1 Å². The number of anilines is 1. The largest absolute Gasteiger partial charge is 0.468 e. The second-order valence-electron chi connectivity index (χ2n) is 8.13. The summed E-state index contributed by atoms with van der Waals surface area (Å²) in [7, 11) is 0. The van der Waals surface area contributed by atoms with Crippen LogP contribution in [0.25, 0.3) is 0 Å². The van der Waals surface area contributed by atoms with Crippen LogP contribution in [0.2, 0.25) is 0 Å². The van der Waals surface area contributed by atoms with Crippen LogP contribution in [0.4, 0.5) is 5.69 Å². The van der Waals surface area contributed by atoms with Gasteiger partial charge in [0.25, 0.3) is 0 Å². The fourth-order valence-corrected chi connectivity index (χ4v) is 4.50. The summed E-state index contributed by atoms with van der Waals surface area (Å²) in [6.45, 7) is 6.48. The number of fused-ring (bicyclic) bond motifs is 1. The van der Waals surface area contributed by atoms with E-state index in [9.17, 15) is 4.79 Å². The monoisotopic (exact) mass is 423 g/mol. The molecule has 1 atom stereocenters. The van der Waals surface area contributed by atoms with Crippen molar-refractivity contribution in [1.29, 1.82) is 0 Å². The number of nitrogens with zero attached hydrogens (tertiary/aromatic N) is 3. The molecule has 0 radical (unpaired) electrons. The molecule has 2 aromatic rings. The first-order valence-electron chi connectivity index (χ1n) is 11.4. The molecule has 31 heavy (non-hydrogen) atoms. The van der Waals surface area contributed by atoms with E-state index < -0.39 is 0 Å². The minimum absolute atomic E-state index is 0.0338. The number of benzene rings is 1. The predicted molar refractivity (Wildman–Crippen MR) is 123 cm³/mol. The van der Waals surface area contributed by atoms with E-state index in [-0.39, 0.29) is 18.5 Å². The summed E-state index contributed by atoms with van der Waals surface area (Å²) >= 11 is 0. The maximum Gasteiger partial charge on any atom is 0.248 e. The standard InChI is InChI=1S/C24H33N5O2/c1-2-25-24(26-17-21(22-12-8-16-31-22)28-13-5-6-14-28)27-18-23(30)29-15-7-10-19-9-3-4-11-20(19)29/h3-4,8-9,11-12,16,21H,2,5-7,10,13-15,17-18H2,1H3,(H2,25,26,27). The lowest BCUT2D eigenvalue weighted by atomic mass is 10.0. The van der Waals surface area contributed by atoms with Gasteiger partial charge in [-0.15, -0.1) is 0 Å². The molecule has 4 rings (SSSR count). The molecule has 7 heteroatoms. The van der Waals surface area contributed by atoms with Gasteiger partial charge in [-0.2, -0.15) is 0 Å². The molecule has 166 valence electrons. The summed E-state index contributed by atoms with van der Waals surface area (Å²) in [6, 6.07) is 12.3. The highest BCUT2D eigenvalue weighted by Crippen LogP contribution is 2.27. The Morgan fingerprint density at radius 3 is 2.71 bits per heavy atom. The fourth-order valence-electron chi connectivity index (χ4n) is 4.50. The van der Waals surface area contributed by atoms with Crippen LogP contribution < -0.4 is 15.5 Å². The summed E-state index contributed by atoms with van der Waals surface area (Å²) in [6.07, 6.45) is 6.19. The summed E-state index contributed by atoms with van der Waals surface area (Å²) in [5.74, 6) is 1.66. The Bertz CT molecular complexity index is 874. The lowest BCUT2D eigenvalue weighted by Crippen LogP contribution is -2.43. The highest BCUT2D eigenvalue weighted by Gasteiger charge is 2.26. The number of rotatable bonds is 7. The molecule has 1 aromatic heterocycles. The Balaban J connectivity index is 1.40. The van der Waals surface area contributed by atoms with Crippen LogP contribution >= 0.6 is 0 Å². The topological polar surface area (TPSA) is 73.1 Å². The SMILES string of the molecule is CCNC(=NCC(=O)N1CCCc2ccccc21)NCC(c1ccco1)N1CCCC1. The number of aliphatic imine (C=N–C) groups is 1. The van der Waals surface area contributed by atoms with Gasteiger partial charge >= 0.3 is 0 Å². The molecule has 1 fully saturated rings. The van der Waals surface area contributed by atoms with Crippen molar-refractivity contribution < 1.29 is 9.21 Å². The Kier molecular flexibility index (Phi) is 7.25. The molecule has 1 saturated heterocycles. The van der Waals surface area contributed by atoms with Crippen molar-refractivity contribution in [3.63, 3.8) is 0 Å². The summed E-state index contributed by atoms with van der Waals surface area (Å²) < 4.78 is 5.71. The van der Waals surface area contributed by atoms with Crippen molar-refractivity contribution >= 4 is 17.6 Å². The zero-order chi connectivity index (χ0) is 21.5. The van der Waals surface area contributed by atoms with Gasteiger partial charge in [-0.1, -0.05) is 18.2 Å². The molecule has 1 amide bonds. The maximum absolute atomic E-state index is 12.9. The van der Waals surface area contributed by atoms with E-state index in [0.29, 0.717) is 12.5 Å². The van der Waals surface area contributed by atoms with Crippen molar-refractivity contribution in [2.24, 2.45) is 4.99 Å². The summed E-state index contributed by atoms with van der Waals surface area (Å²) in [5, 5.41) is 6.70. The van der Waals surface area contributed by atoms with Crippen molar-refractivity contribution in [2.45, 2.75) is 38.6 Å². The van der Waals surface area contributed by atoms with Gasteiger partial charge in [0.05, 0.1) is 12.3 Å². The number of nitrogens with one attached hydrogen (secondary N) is 2. The molecular weight excluding hydrogens is 390 g/mol. The molecule has 0 aliphatic carbocycles. The summed E-state index contributed by atoms with van der Waals surface area (Å²) in [4.78, 5) is 21.9. The van der Waals surface area contributed by atoms with Gasteiger partial charge in [0.2, 0.25) is 5.91 Å². The average molecular weight is 424 g/mol. The van der Waals surface area contributed by atoms with E-state index in [0.717, 1.165) is 50.5 Å².